The number of ether oxygens (including phenoxy) is 1. The van der Waals surface area contributed by atoms with Gasteiger partial charge in [0.2, 0.25) is 0 Å². The molecule has 0 aliphatic carbocycles. The number of para-hydroxylation sites is 1. The molecule has 0 aliphatic heterocycles. The predicted molar refractivity (Wildman–Crippen MR) is 92.1 cm³/mol. The molecular formula is C17H19N3O6. The Bertz CT molecular complexity index is 856. The maximum Gasteiger partial charge on any atom is 0.344 e. The van der Waals surface area contributed by atoms with Gasteiger partial charge in [-0.2, -0.15) is 0 Å². The van der Waals surface area contributed by atoms with Crippen molar-refractivity contribution in [2.75, 3.05) is 11.9 Å². The lowest BCUT2D eigenvalue weighted by Crippen LogP contribution is -2.22. The molecule has 1 aromatic carbocycles. The van der Waals surface area contributed by atoms with Crippen LogP contribution in [0.2, 0.25) is 0 Å². The zero-order chi connectivity index (χ0) is 19.4. The third kappa shape index (κ3) is 4.05. The van der Waals surface area contributed by atoms with E-state index in [1.165, 1.54) is 12.1 Å². The molecule has 138 valence electrons. The number of nitro benzene ring substituents is 1. The van der Waals surface area contributed by atoms with Crippen LogP contribution in [0.1, 0.15) is 47.1 Å². The van der Waals surface area contributed by atoms with Gasteiger partial charge in [0, 0.05) is 12.0 Å². The Morgan fingerprint density at radius 3 is 2.65 bits per heavy atom. The van der Waals surface area contributed by atoms with Crippen molar-refractivity contribution in [3.05, 3.63) is 50.9 Å². The highest BCUT2D eigenvalue weighted by atomic mass is 16.6. The maximum absolute atomic E-state index is 12.2. The van der Waals surface area contributed by atoms with Crippen LogP contribution in [0, 0.1) is 24.0 Å². The van der Waals surface area contributed by atoms with Crippen molar-refractivity contribution < 1.29 is 23.8 Å². The number of aryl methyl sites for hydroxylation is 2. The first-order chi connectivity index (χ1) is 12.2. The molecule has 1 N–H and O–H groups in total. The van der Waals surface area contributed by atoms with Gasteiger partial charge in [-0.1, -0.05) is 31.1 Å². The molecule has 9 nitrogen and oxygen atoms in total. The molecule has 0 spiro atoms. The number of carbonyl (C=O) groups is 2. The molecule has 1 heterocycles. The zero-order valence-electron chi connectivity index (χ0n) is 14.9. The number of hydrogen-bond donors (Lipinski definition) is 1. The molecule has 0 saturated heterocycles. The fourth-order valence-electron chi connectivity index (χ4n) is 2.38. The van der Waals surface area contributed by atoms with E-state index in [0.717, 1.165) is 0 Å². The molecule has 1 amide bonds. The molecule has 1 aromatic heterocycles. The number of nitrogens with one attached hydrogen (secondary N) is 1. The zero-order valence-corrected chi connectivity index (χ0v) is 14.9. The van der Waals surface area contributed by atoms with E-state index in [0.29, 0.717) is 17.0 Å². The van der Waals surface area contributed by atoms with E-state index in [4.69, 9.17) is 9.26 Å². The lowest BCUT2D eigenvalue weighted by molar-refractivity contribution is -0.384. The molecule has 2 aromatic rings. The topological polar surface area (TPSA) is 125 Å². The van der Waals surface area contributed by atoms with Crippen molar-refractivity contribution in [1.82, 2.24) is 5.16 Å². The minimum atomic E-state index is -0.734. The second kappa shape index (κ2) is 7.77. The Morgan fingerprint density at radius 2 is 2.04 bits per heavy atom. The smallest absolute Gasteiger partial charge is 0.344 e. The first kappa shape index (κ1) is 19.1. The summed E-state index contributed by atoms with van der Waals surface area (Å²) in [7, 11) is 0. The Kier molecular flexibility index (Phi) is 5.71. The molecule has 0 unspecified atom stereocenters. The maximum atomic E-state index is 12.2. The second-order valence-electron chi connectivity index (χ2n) is 6.01. The van der Waals surface area contributed by atoms with Crippen LogP contribution in [0.15, 0.2) is 22.7 Å². The van der Waals surface area contributed by atoms with Crippen molar-refractivity contribution in [3.63, 3.8) is 0 Å². The lowest BCUT2D eigenvalue weighted by Gasteiger charge is -2.10. The van der Waals surface area contributed by atoms with Gasteiger partial charge in [-0.15, -0.1) is 0 Å². The molecule has 2 rings (SSSR count). The number of nitrogens with zero attached hydrogens (tertiary/aromatic N) is 2. The normalized spacial score (nSPS) is 10.7. The molecule has 9 heteroatoms. The van der Waals surface area contributed by atoms with Gasteiger partial charge in [-0.05, 0) is 19.4 Å². The predicted octanol–water partition coefficient (Wildman–Crippen LogP) is 3.12. The van der Waals surface area contributed by atoms with Gasteiger partial charge in [0.1, 0.15) is 11.3 Å². The number of carbonyl (C=O) groups excluding carboxylic acids is 2. The highest BCUT2D eigenvalue weighted by molar-refractivity contribution is 5.98. The first-order valence-electron chi connectivity index (χ1n) is 7.89. The van der Waals surface area contributed by atoms with Crippen LogP contribution in [0.3, 0.4) is 0 Å². The summed E-state index contributed by atoms with van der Waals surface area (Å²) in [5.41, 5.74) is 0.920. The fraction of sp³-hybridized carbons (Fsp3) is 0.353. The molecule has 0 atom stereocenters. The average Bonchev–Trinajstić information content (AvgIpc) is 2.96. The van der Waals surface area contributed by atoms with E-state index in [1.54, 1.807) is 19.9 Å². The number of nitro groups is 1. The van der Waals surface area contributed by atoms with Crippen LogP contribution in [0.25, 0.3) is 0 Å². The number of aromatic nitrogens is 1. The van der Waals surface area contributed by atoms with Crippen molar-refractivity contribution in [3.8, 4) is 0 Å². The van der Waals surface area contributed by atoms with Gasteiger partial charge in [-0.25, -0.2) is 4.79 Å². The van der Waals surface area contributed by atoms with E-state index in [1.807, 2.05) is 13.8 Å². The lowest BCUT2D eigenvalue weighted by atomic mass is 10.1. The Balaban J connectivity index is 2.08. The summed E-state index contributed by atoms with van der Waals surface area (Å²) in [5.74, 6) is -1.12. The van der Waals surface area contributed by atoms with Crippen LogP contribution in [0.4, 0.5) is 11.4 Å². The Hall–Kier alpha value is -3.23. The molecule has 0 fully saturated rings. The molecule has 0 aliphatic rings. The highest BCUT2D eigenvalue weighted by Crippen LogP contribution is 2.27. The van der Waals surface area contributed by atoms with E-state index < -0.39 is 23.4 Å². The molecule has 0 radical (unpaired) electrons. The van der Waals surface area contributed by atoms with E-state index >= 15 is 0 Å². The van der Waals surface area contributed by atoms with Crippen molar-refractivity contribution in [2.45, 2.75) is 33.6 Å². The van der Waals surface area contributed by atoms with Crippen LogP contribution < -0.4 is 5.32 Å². The van der Waals surface area contributed by atoms with Gasteiger partial charge >= 0.3 is 5.97 Å². The largest absolute Gasteiger partial charge is 0.452 e. The monoisotopic (exact) mass is 361 g/mol. The van der Waals surface area contributed by atoms with Crippen molar-refractivity contribution >= 4 is 23.3 Å². The summed E-state index contributed by atoms with van der Waals surface area (Å²) < 4.78 is 10.1. The van der Waals surface area contributed by atoms with Crippen molar-refractivity contribution in [2.24, 2.45) is 0 Å². The Labute approximate surface area is 149 Å². The summed E-state index contributed by atoms with van der Waals surface area (Å²) in [6.07, 6.45) is 0. The molecule has 26 heavy (non-hydrogen) atoms. The van der Waals surface area contributed by atoms with E-state index in [-0.39, 0.29) is 22.9 Å². The van der Waals surface area contributed by atoms with Crippen molar-refractivity contribution in [1.29, 1.82) is 0 Å². The third-order valence-electron chi connectivity index (χ3n) is 3.66. The summed E-state index contributed by atoms with van der Waals surface area (Å²) in [6.45, 7) is 6.31. The minimum absolute atomic E-state index is 0.0718. The van der Waals surface area contributed by atoms with Gasteiger partial charge in [-0.3, -0.25) is 14.9 Å². The van der Waals surface area contributed by atoms with Crippen LogP contribution in [-0.4, -0.2) is 28.6 Å². The number of amides is 1. The number of benzene rings is 1. The van der Waals surface area contributed by atoms with Gasteiger partial charge in [0.05, 0.1) is 10.6 Å². The SMILES string of the molecule is Cc1cccc([N+](=O)[O-])c1NC(=O)COC(=O)c1c(C)noc1C(C)C. The fourth-order valence-corrected chi connectivity index (χ4v) is 2.38. The molecule has 0 bridgehead atoms. The number of esters is 1. The van der Waals surface area contributed by atoms with Gasteiger partial charge in [0.15, 0.2) is 12.4 Å². The van der Waals surface area contributed by atoms with Crippen LogP contribution in [0.5, 0.6) is 0 Å². The number of hydrogen-bond acceptors (Lipinski definition) is 7. The Morgan fingerprint density at radius 1 is 1.35 bits per heavy atom. The molecule has 0 saturated carbocycles. The average molecular weight is 361 g/mol. The quantitative estimate of drug-likeness (QED) is 0.476. The van der Waals surface area contributed by atoms with E-state index in [9.17, 15) is 19.7 Å². The number of anilines is 1. The standard InChI is InChI=1S/C17H19N3O6/c1-9(2)16-14(11(4)19-26-16)17(22)25-8-13(21)18-15-10(3)6-5-7-12(15)20(23)24/h5-7,9H,8H2,1-4H3,(H,18,21). The summed E-state index contributed by atoms with van der Waals surface area (Å²) in [6, 6.07) is 4.43. The summed E-state index contributed by atoms with van der Waals surface area (Å²) in [5, 5.41) is 17.2. The highest BCUT2D eigenvalue weighted by Gasteiger charge is 2.25. The third-order valence-corrected chi connectivity index (χ3v) is 3.66. The first-order valence-corrected chi connectivity index (χ1v) is 7.89. The number of rotatable bonds is 6. The summed E-state index contributed by atoms with van der Waals surface area (Å²) in [4.78, 5) is 34.8. The summed E-state index contributed by atoms with van der Waals surface area (Å²) >= 11 is 0. The van der Waals surface area contributed by atoms with Crippen LogP contribution in [-0.2, 0) is 9.53 Å². The van der Waals surface area contributed by atoms with Gasteiger partial charge in [0.25, 0.3) is 11.6 Å². The van der Waals surface area contributed by atoms with E-state index in [2.05, 4.69) is 10.5 Å². The second-order valence-corrected chi connectivity index (χ2v) is 6.01. The molecular weight excluding hydrogens is 342 g/mol. The van der Waals surface area contributed by atoms with Crippen LogP contribution >= 0.6 is 0 Å². The minimum Gasteiger partial charge on any atom is -0.452 e. The van der Waals surface area contributed by atoms with Gasteiger partial charge < -0.3 is 14.6 Å².